The van der Waals surface area contributed by atoms with E-state index in [9.17, 15) is 19.7 Å². The second-order valence-corrected chi connectivity index (χ2v) is 12.7. The van der Waals surface area contributed by atoms with E-state index in [1.807, 2.05) is 67.6 Å². The number of carbonyl (C=O) groups excluding carboxylic acids is 1. The summed E-state index contributed by atoms with van der Waals surface area (Å²) in [6.45, 7) is 9.66. The lowest BCUT2D eigenvalue weighted by Crippen LogP contribution is -2.40. The quantitative estimate of drug-likeness (QED) is 0.103. The predicted molar refractivity (Wildman–Crippen MR) is 182 cm³/mol. The Labute approximate surface area is 275 Å². The van der Waals surface area contributed by atoms with Crippen molar-refractivity contribution in [1.29, 1.82) is 0 Å². The van der Waals surface area contributed by atoms with Gasteiger partial charge in [-0.2, -0.15) is 0 Å². The summed E-state index contributed by atoms with van der Waals surface area (Å²) >= 11 is 1.20. The third-order valence-electron chi connectivity index (χ3n) is 8.31. The van der Waals surface area contributed by atoms with Gasteiger partial charge in [-0.05, 0) is 61.6 Å². The molecule has 0 fully saturated rings. The first-order valence-corrected chi connectivity index (χ1v) is 16.1. The number of fused-ring (bicyclic) bond motifs is 1. The Morgan fingerprint density at radius 3 is 2.45 bits per heavy atom. The van der Waals surface area contributed by atoms with Crippen LogP contribution < -0.4 is 14.9 Å². The molecule has 6 rings (SSSR count). The maximum absolute atomic E-state index is 14.2. The van der Waals surface area contributed by atoms with E-state index in [4.69, 9.17) is 14.1 Å². The molecule has 1 aliphatic rings. The zero-order chi connectivity index (χ0) is 33.4. The van der Waals surface area contributed by atoms with Gasteiger partial charge in [0.05, 0.1) is 33.4 Å². The zero-order valence-electron chi connectivity index (χ0n) is 26.6. The Hall–Kier alpha value is -5.35. The topological polar surface area (TPSA) is 117 Å². The molecule has 5 aromatic rings. The molecule has 1 unspecified atom stereocenters. The van der Waals surface area contributed by atoms with Gasteiger partial charge in [-0.3, -0.25) is 19.5 Å². The highest BCUT2D eigenvalue weighted by atomic mass is 32.1. The van der Waals surface area contributed by atoms with E-state index in [0.29, 0.717) is 43.6 Å². The molecule has 0 bridgehead atoms. The summed E-state index contributed by atoms with van der Waals surface area (Å²) < 4.78 is 13.5. The summed E-state index contributed by atoms with van der Waals surface area (Å²) in [6, 6.07) is 23.3. The number of nitrogens with zero attached hydrogens (tertiary/aromatic N) is 3. The van der Waals surface area contributed by atoms with Gasteiger partial charge in [0.1, 0.15) is 11.5 Å². The third kappa shape index (κ3) is 5.99. The number of aromatic nitrogens is 1. The number of esters is 1. The Morgan fingerprint density at radius 1 is 1.06 bits per heavy atom. The standard InChI is InChI=1S/C37H33N3O6S/c1-6-45-36(42)32-33(25-10-8-7-9-11-25)38-37-39(34(32)26-14-12-24(13-15-26)21(2)3)35(41)31(47-37)20-28-16-17-30(46-28)27-18-22(4)23(5)29(19-27)40(43)44/h7-21,34H,6H2,1-5H3/b31-20-. The number of hydrogen-bond acceptors (Lipinski definition) is 8. The molecule has 0 N–H and O–H groups in total. The number of aryl methyl sites for hydroxylation is 1. The van der Waals surface area contributed by atoms with Crippen molar-refractivity contribution in [1.82, 2.24) is 4.57 Å². The smallest absolute Gasteiger partial charge is 0.338 e. The normalized spacial score (nSPS) is 14.7. The molecule has 0 spiro atoms. The minimum Gasteiger partial charge on any atom is -0.463 e. The van der Waals surface area contributed by atoms with Crippen LogP contribution >= 0.6 is 11.3 Å². The van der Waals surface area contributed by atoms with Crippen LogP contribution in [-0.4, -0.2) is 22.1 Å². The molecule has 9 nitrogen and oxygen atoms in total. The first-order chi connectivity index (χ1) is 22.6. The van der Waals surface area contributed by atoms with Crippen LogP contribution in [0, 0.1) is 24.0 Å². The van der Waals surface area contributed by atoms with E-state index in [1.165, 1.54) is 17.4 Å². The van der Waals surface area contributed by atoms with Gasteiger partial charge in [0.25, 0.3) is 11.2 Å². The third-order valence-corrected chi connectivity index (χ3v) is 9.30. The number of thiazole rings is 1. The van der Waals surface area contributed by atoms with Crippen molar-refractivity contribution in [2.45, 2.75) is 46.6 Å². The van der Waals surface area contributed by atoms with Crippen molar-refractivity contribution in [3.8, 4) is 11.3 Å². The monoisotopic (exact) mass is 647 g/mol. The van der Waals surface area contributed by atoms with Gasteiger partial charge in [-0.1, -0.05) is 79.8 Å². The van der Waals surface area contributed by atoms with Gasteiger partial charge in [0, 0.05) is 28.8 Å². The number of nitro benzene ring substituents is 1. The first-order valence-electron chi connectivity index (χ1n) is 15.3. The van der Waals surface area contributed by atoms with Gasteiger partial charge >= 0.3 is 5.97 Å². The number of carbonyl (C=O) groups is 1. The molecule has 0 saturated heterocycles. The van der Waals surface area contributed by atoms with Crippen molar-refractivity contribution in [3.63, 3.8) is 0 Å². The number of ether oxygens (including phenoxy) is 1. The Morgan fingerprint density at radius 2 is 1.79 bits per heavy atom. The van der Waals surface area contributed by atoms with Crippen LogP contribution in [0.15, 0.2) is 98.6 Å². The molecular weight excluding hydrogens is 614 g/mol. The Bertz CT molecular complexity index is 2220. The fourth-order valence-electron chi connectivity index (χ4n) is 5.71. The second kappa shape index (κ2) is 12.8. The second-order valence-electron chi connectivity index (χ2n) is 11.6. The van der Waals surface area contributed by atoms with E-state index in [2.05, 4.69) is 13.8 Å². The van der Waals surface area contributed by atoms with Gasteiger partial charge in [0.2, 0.25) is 0 Å². The van der Waals surface area contributed by atoms with Gasteiger partial charge in [-0.15, -0.1) is 0 Å². The van der Waals surface area contributed by atoms with Crippen molar-refractivity contribution >= 4 is 34.8 Å². The van der Waals surface area contributed by atoms with Gasteiger partial charge in [-0.25, -0.2) is 9.79 Å². The number of nitro groups is 1. The van der Waals surface area contributed by atoms with Crippen LogP contribution in [0.3, 0.4) is 0 Å². The summed E-state index contributed by atoms with van der Waals surface area (Å²) in [5.41, 5.74) is 4.97. The van der Waals surface area contributed by atoms with Gasteiger partial charge < -0.3 is 9.15 Å². The minimum atomic E-state index is -0.785. The molecule has 3 aromatic carbocycles. The number of furan rings is 1. The highest BCUT2D eigenvalue weighted by Gasteiger charge is 2.35. The molecule has 238 valence electrons. The molecule has 0 amide bonds. The van der Waals surface area contributed by atoms with Crippen LogP contribution in [0.5, 0.6) is 0 Å². The molecule has 47 heavy (non-hydrogen) atoms. The zero-order valence-corrected chi connectivity index (χ0v) is 27.5. The molecule has 1 atom stereocenters. The van der Waals surface area contributed by atoms with Crippen molar-refractivity contribution in [2.24, 2.45) is 4.99 Å². The lowest BCUT2D eigenvalue weighted by molar-refractivity contribution is -0.385. The van der Waals surface area contributed by atoms with E-state index >= 15 is 0 Å². The Balaban J connectivity index is 1.53. The Kier molecular flexibility index (Phi) is 8.62. The largest absolute Gasteiger partial charge is 0.463 e. The molecule has 0 radical (unpaired) electrons. The number of hydrogen-bond donors (Lipinski definition) is 0. The van der Waals surface area contributed by atoms with E-state index in [1.54, 1.807) is 36.6 Å². The predicted octanol–water partition coefficient (Wildman–Crippen LogP) is 6.84. The fourth-order valence-corrected chi connectivity index (χ4v) is 6.69. The lowest BCUT2D eigenvalue weighted by Gasteiger charge is -2.26. The summed E-state index contributed by atoms with van der Waals surface area (Å²) in [5.74, 6) is 0.603. The highest BCUT2D eigenvalue weighted by molar-refractivity contribution is 7.07. The maximum atomic E-state index is 14.2. The maximum Gasteiger partial charge on any atom is 0.338 e. The summed E-state index contributed by atoms with van der Waals surface area (Å²) in [6.07, 6.45) is 1.64. The average molecular weight is 648 g/mol. The van der Waals surface area contributed by atoms with Crippen LogP contribution in [-0.2, 0) is 9.53 Å². The van der Waals surface area contributed by atoms with Crippen LogP contribution in [0.4, 0.5) is 5.69 Å². The van der Waals surface area contributed by atoms with E-state index in [-0.39, 0.29) is 23.4 Å². The molecule has 0 aliphatic carbocycles. The molecule has 2 aromatic heterocycles. The van der Waals surface area contributed by atoms with Crippen molar-refractivity contribution < 1.29 is 18.9 Å². The SMILES string of the molecule is CCOC(=O)C1=C(c2ccccc2)N=c2s/c(=C\c3ccc(-c4cc(C)c(C)c([N+](=O)[O-])c4)o3)c(=O)n2C1c1ccc(C(C)C)cc1. The molecule has 0 saturated carbocycles. The molecule has 1 aliphatic heterocycles. The van der Waals surface area contributed by atoms with E-state index < -0.39 is 16.9 Å². The lowest BCUT2D eigenvalue weighted by atomic mass is 9.91. The van der Waals surface area contributed by atoms with Crippen molar-refractivity contribution in [3.05, 3.63) is 148 Å². The van der Waals surface area contributed by atoms with Crippen LogP contribution in [0.2, 0.25) is 0 Å². The summed E-state index contributed by atoms with van der Waals surface area (Å²) in [4.78, 5) is 44.4. The number of benzene rings is 3. The summed E-state index contributed by atoms with van der Waals surface area (Å²) in [7, 11) is 0. The van der Waals surface area contributed by atoms with Crippen LogP contribution in [0.1, 0.15) is 66.3 Å². The molecule has 10 heteroatoms. The highest BCUT2D eigenvalue weighted by Crippen LogP contribution is 2.36. The summed E-state index contributed by atoms with van der Waals surface area (Å²) in [5, 5.41) is 11.6. The first kappa shape index (κ1) is 31.6. The number of rotatable bonds is 8. The van der Waals surface area contributed by atoms with Crippen molar-refractivity contribution in [2.75, 3.05) is 6.61 Å². The van der Waals surface area contributed by atoms with Gasteiger partial charge in [0.15, 0.2) is 4.80 Å². The minimum absolute atomic E-state index is 0.0133. The van der Waals surface area contributed by atoms with E-state index in [0.717, 1.165) is 22.3 Å². The molecular formula is C37H33N3O6S. The average Bonchev–Trinajstić information content (AvgIpc) is 3.65. The van der Waals surface area contributed by atoms with Crippen LogP contribution in [0.25, 0.3) is 23.1 Å². The molecule has 3 heterocycles. The fraction of sp³-hybridized carbons (Fsp3) is 0.216.